The Labute approximate surface area is 93.1 Å². The van der Waals surface area contributed by atoms with E-state index in [4.69, 9.17) is 5.73 Å². The number of benzene rings is 1. The summed E-state index contributed by atoms with van der Waals surface area (Å²) in [6.07, 6.45) is 1.03. The maximum absolute atomic E-state index is 5.69. The standard InChI is InChI=1S/C13H22N2/c1-3-15(4-2)13(10-11-14)12-8-6-5-7-9-12/h5-9,13H,3-4,10-11,14H2,1-2H3. The number of hydrogen-bond donors (Lipinski definition) is 1. The van der Waals surface area contributed by atoms with Crippen molar-refractivity contribution in [1.29, 1.82) is 0 Å². The van der Waals surface area contributed by atoms with E-state index in [0.29, 0.717) is 6.04 Å². The summed E-state index contributed by atoms with van der Waals surface area (Å²) in [6, 6.07) is 11.1. The van der Waals surface area contributed by atoms with E-state index in [1.807, 2.05) is 0 Å². The highest BCUT2D eigenvalue weighted by molar-refractivity contribution is 5.19. The molecular formula is C13H22N2. The Bertz CT molecular complexity index is 254. The molecule has 0 saturated heterocycles. The highest BCUT2D eigenvalue weighted by Gasteiger charge is 2.16. The lowest BCUT2D eigenvalue weighted by molar-refractivity contribution is 0.210. The maximum atomic E-state index is 5.69. The first kappa shape index (κ1) is 12.2. The molecule has 0 spiro atoms. The van der Waals surface area contributed by atoms with Crippen LogP contribution in [0.1, 0.15) is 31.9 Å². The van der Waals surface area contributed by atoms with Gasteiger partial charge in [0.2, 0.25) is 0 Å². The van der Waals surface area contributed by atoms with Crippen LogP contribution in [0.2, 0.25) is 0 Å². The summed E-state index contributed by atoms with van der Waals surface area (Å²) >= 11 is 0. The number of nitrogens with two attached hydrogens (primary N) is 1. The zero-order valence-corrected chi connectivity index (χ0v) is 9.82. The first-order valence-electron chi connectivity index (χ1n) is 5.82. The lowest BCUT2D eigenvalue weighted by Gasteiger charge is -2.29. The topological polar surface area (TPSA) is 29.3 Å². The molecule has 1 aromatic rings. The van der Waals surface area contributed by atoms with E-state index in [9.17, 15) is 0 Å². The second kappa shape index (κ2) is 6.59. The van der Waals surface area contributed by atoms with Crippen molar-refractivity contribution >= 4 is 0 Å². The molecule has 0 heterocycles. The Hall–Kier alpha value is -0.860. The molecule has 0 saturated carbocycles. The lowest BCUT2D eigenvalue weighted by atomic mass is 10.0. The van der Waals surface area contributed by atoms with Gasteiger partial charge in [-0.25, -0.2) is 0 Å². The smallest absolute Gasteiger partial charge is 0.0359 e. The van der Waals surface area contributed by atoms with Crippen LogP contribution in [-0.2, 0) is 0 Å². The highest BCUT2D eigenvalue weighted by Crippen LogP contribution is 2.22. The first-order chi connectivity index (χ1) is 7.33. The molecule has 2 heteroatoms. The predicted octanol–water partition coefficient (Wildman–Crippen LogP) is 2.42. The molecule has 2 N–H and O–H groups in total. The summed E-state index contributed by atoms with van der Waals surface area (Å²) in [5, 5.41) is 0. The Morgan fingerprint density at radius 3 is 2.20 bits per heavy atom. The van der Waals surface area contributed by atoms with Gasteiger partial charge in [0.1, 0.15) is 0 Å². The van der Waals surface area contributed by atoms with Gasteiger partial charge in [0.05, 0.1) is 0 Å². The van der Waals surface area contributed by atoms with E-state index in [2.05, 4.69) is 49.1 Å². The zero-order valence-electron chi connectivity index (χ0n) is 9.82. The maximum Gasteiger partial charge on any atom is 0.0359 e. The molecule has 1 rings (SSSR count). The van der Waals surface area contributed by atoms with Crippen LogP contribution in [-0.4, -0.2) is 24.5 Å². The summed E-state index contributed by atoms with van der Waals surface area (Å²) in [6.45, 7) is 7.31. The van der Waals surface area contributed by atoms with Crippen molar-refractivity contribution in [2.45, 2.75) is 26.3 Å². The molecule has 0 aliphatic rings. The Balaban J connectivity index is 2.81. The quantitative estimate of drug-likeness (QED) is 0.774. The summed E-state index contributed by atoms with van der Waals surface area (Å²) < 4.78 is 0. The molecule has 0 bridgehead atoms. The van der Waals surface area contributed by atoms with Gasteiger partial charge in [-0.05, 0) is 31.6 Å². The average molecular weight is 206 g/mol. The summed E-state index contributed by atoms with van der Waals surface area (Å²) in [4.78, 5) is 2.46. The molecule has 1 unspecified atom stereocenters. The Morgan fingerprint density at radius 1 is 1.13 bits per heavy atom. The van der Waals surface area contributed by atoms with Gasteiger partial charge in [0, 0.05) is 6.04 Å². The fourth-order valence-electron chi connectivity index (χ4n) is 2.06. The van der Waals surface area contributed by atoms with Gasteiger partial charge in [-0.3, -0.25) is 4.90 Å². The number of nitrogens with zero attached hydrogens (tertiary/aromatic N) is 1. The predicted molar refractivity (Wildman–Crippen MR) is 65.8 cm³/mol. The summed E-state index contributed by atoms with van der Waals surface area (Å²) in [7, 11) is 0. The molecule has 1 atom stereocenters. The van der Waals surface area contributed by atoms with Crippen molar-refractivity contribution in [2.24, 2.45) is 5.73 Å². The van der Waals surface area contributed by atoms with Crippen molar-refractivity contribution in [3.8, 4) is 0 Å². The van der Waals surface area contributed by atoms with Crippen LogP contribution in [0, 0.1) is 0 Å². The Morgan fingerprint density at radius 2 is 1.73 bits per heavy atom. The second-order valence-electron chi connectivity index (χ2n) is 3.73. The van der Waals surface area contributed by atoms with E-state index >= 15 is 0 Å². The Kier molecular flexibility index (Phi) is 5.37. The third kappa shape index (κ3) is 3.33. The molecule has 84 valence electrons. The van der Waals surface area contributed by atoms with Gasteiger partial charge in [-0.15, -0.1) is 0 Å². The van der Waals surface area contributed by atoms with E-state index in [1.54, 1.807) is 0 Å². The molecule has 0 radical (unpaired) electrons. The van der Waals surface area contributed by atoms with Crippen LogP contribution >= 0.6 is 0 Å². The normalized spacial score (nSPS) is 13.1. The molecule has 0 aromatic heterocycles. The summed E-state index contributed by atoms with van der Waals surface area (Å²) in [5.41, 5.74) is 7.07. The molecule has 2 nitrogen and oxygen atoms in total. The van der Waals surface area contributed by atoms with Crippen LogP contribution in [0.4, 0.5) is 0 Å². The minimum Gasteiger partial charge on any atom is -0.330 e. The monoisotopic (exact) mass is 206 g/mol. The van der Waals surface area contributed by atoms with Crippen LogP contribution in [0.5, 0.6) is 0 Å². The van der Waals surface area contributed by atoms with Gasteiger partial charge in [-0.1, -0.05) is 44.2 Å². The molecule has 0 amide bonds. The van der Waals surface area contributed by atoms with E-state index < -0.39 is 0 Å². The third-order valence-electron chi connectivity index (χ3n) is 2.88. The van der Waals surface area contributed by atoms with E-state index in [0.717, 1.165) is 26.1 Å². The van der Waals surface area contributed by atoms with Crippen LogP contribution in [0.25, 0.3) is 0 Å². The minimum atomic E-state index is 0.478. The fraction of sp³-hybridized carbons (Fsp3) is 0.538. The van der Waals surface area contributed by atoms with Crippen LogP contribution in [0.15, 0.2) is 30.3 Å². The van der Waals surface area contributed by atoms with Gasteiger partial charge in [0.25, 0.3) is 0 Å². The zero-order chi connectivity index (χ0) is 11.1. The molecule has 15 heavy (non-hydrogen) atoms. The van der Waals surface area contributed by atoms with E-state index in [-0.39, 0.29) is 0 Å². The third-order valence-corrected chi connectivity index (χ3v) is 2.88. The van der Waals surface area contributed by atoms with Crippen molar-refractivity contribution in [3.05, 3.63) is 35.9 Å². The van der Waals surface area contributed by atoms with Gasteiger partial charge in [-0.2, -0.15) is 0 Å². The van der Waals surface area contributed by atoms with Gasteiger partial charge in [0.15, 0.2) is 0 Å². The summed E-state index contributed by atoms with van der Waals surface area (Å²) in [5.74, 6) is 0. The van der Waals surface area contributed by atoms with Gasteiger partial charge >= 0.3 is 0 Å². The van der Waals surface area contributed by atoms with Crippen molar-refractivity contribution in [2.75, 3.05) is 19.6 Å². The largest absolute Gasteiger partial charge is 0.330 e. The van der Waals surface area contributed by atoms with Crippen LogP contribution < -0.4 is 5.73 Å². The molecule has 0 fully saturated rings. The van der Waals surface area contributed by atoms with Crippen molar-refractivity contribution in [1.82, 2.24) is 4.90 Å². The number of hydrogen-bond acceptors (Lipinski definition) is 2. The highest BCUT2D eigenvalue weighted by atomic mass is 15.1. The molecule has 1 aromatic carbocycles. The van der Waals surface area contributed by atoms with Crippen LogP contribution in [0.3, 0.4) is 0 Å². The second-order valence-corrected chi connectivity index (χ2v) is 3.73. The molecule has 0 aliphatic heterocycles. The van der Waals surface area contributed by atoms with Gasteiger partial charge < -0.3 is 5.73 Å². The molecular weight excluding hydrogens is 184 g/mol. The average Bonchev–Trinajstić information content (AvgIpc) is 2.30. The number of rotatable bonds is 6. The lowest BCUT2D eigenvalue weighted by Crippen LogP contribution is -2.30. The minimum absolute atomic E-state index is 0.478. The molecule has 0 aliphatic carbocycles. The SMILES string of the molecule is CCN(CC)C(CCN)c1ccccc1. The fourth-order valence-corrected chi connectivity index (χ4v) is 2.06. The van der Waals surface area contributed by atoms with Crippen molar-refractivity contribution < 1.29 is 0 Å². The van der Waals surface area contributed by atoms with E-state index in [1.165, 1.54) is 5.56 Å². The first-order valence-corrected chi connectivity index (χ1v) is 5.82. The van der Waals surface area contributed by atoms with Crippen molar-refractivity contribution in [3.63, 3.8) is 0 Å².